The second kappa shape index (κ2) is 18.9. The SMILES string of the molecule is Cc1ccc(CCC(=O)CCc2scc3c2CN(C2CCC(=O)NC2=O)C3=O)cc1Cl.Cc1ccc(CS(=O)(=O)CCc2scc3c2CN(C2CCC(=O)NC2=O)C3=O)cc1Cl. The monoisotopic (exact) mass is 938 g/mol. The predicted molar refractivity (Wildman–Crippen MR) is 236 cm³/mol. The number of nitrogens with zero attached hydrogens (tertiary/aromatic N) is 2. The average molecular weight is 940 g/mol. The zero-order valence-electron chi connectivity index (χ0n) is 34.0. The third-order valence-corrected chi connectivity index (χ3v) is 16.2. The number of hydrogen-bond donors (Lipinski definition) is 2. The fourth-order valence-electron chi connectivity index (χ4n) is 7.98. The third-order valence-electron chi connectivity index (χ3n) is 11.6. The number of benzene rings is 2. The zero-order chi connectivity index (χ0) is 44.5. The molecule has 4 aromatic rings. The Morgan fingerprint density at radius 1 is 0.694 bits per heavy atom. The van der Waals surface area contributed by atoms with Gasteiger partial charge in [0.2, 0.25) is 23.6 Å². The lowest BCUT2D eigenvalue weighted by atomic mass is 10.0. The Kier molecular flexibility index (Phi) is 13.8. The molecule has 326 valence electrons. The molecule has 0 radical (unpaired) electrons. The number of sulfone groups is 1. The van der Waals surface area contributed by atoms with E-state index in [1.807, 2.05) is 37.4 Å². The van der Waals surface area contributed by atoms with Gasteiger partial charge < -0.3 is 9.80 Å². The largest absolute Gasteiger partial charge is 0.322 e. The minimum Gasteiger partial charge on any atom is -0.322 e. The number of Topliss-reactive ketones (excluding diaryl/α,β-unsaturated/α-hetero) is 1. The van der Waals surface area contributed by atoms with Crippen LogP contribution in [0.3, 0.4) is 0 Å². The summed E-state index contributed by atoms with van der Waals surface area (Å²) < 4.78 is 25.3. The van der Waals surface area contributed by atoms with E-state index in [4.69, 9.17) is 23.2 Å². The molecule has 62 heavy (non-hydrogen) atoms. The van der Waals surface area contributed by atoms with Gasteiger partial charge in [0.05, 0.1) is 22.6 Å². The average Bonchev–Trinajstić information content (AvgIpc) is 3.98. The first-order valence-electron chi connectivity index (χ1n) is 20.2. The highest BCUT2D eigenvalue weighted by Crippen LogP contribution is 2.36. The van der Waals surface area contributed by atoms with Crippen molar-refractivity contribution in [2.24, 2.45) is 0 Å². The van der Waals surface area contributed by atoms with Gasteiger partial charge in [-0.3, -0.25) is 44.2 Å². The number of nitrogens with one attached hydrogen (secondary N) is 2. The Bertz CT molecular complexity index is 2620. The lowest BCUT2D eigenvalue weighted by Gasteiger charge is -2.29. The van der Waals surface area contributed by atoms with Crippen LogP contribution in [0.1, 0.15) is 102 Å². The molecule has 2 aromatic heterocycles. The molecule has 18 heteroatoms. The molecule has 2 unspecified atom stereocenters. The van der Waals surface area contributed by atoms with E-state index >= 15 is 0 Å². The van der Waals surface area contributed by atoms with Crippen molar-refractivity contribution in [1.82, 2.24) is 20.4 Å². The van der Waals surface area contributed by atoms with Gasteiger partial charge in [-0.25, -0.2) is 8.42 Å². The van der Waals surface area contributed by atoms with Crippen molar-refractivity contribution < 1.29 is 42.0 Å². The van der Waals surface area contributed by atoms with Crippen LogP contribution in [0.25, 0.3) is 0 Å². The van der Waals surface area contributed by atoms with Crippen molar-refractivity contribution in [3.63, 3.8) is 0 Å². The molecular weight excluding hydrogens is 896 g/mol. The van der Waals surface area contributed by atoms with Gasteiger partial charge in [0.25, 0.3) is 11.8 Å². The van der Waals surface area contributed by atoms with Gasteiger partial charge in [0, 0.05) is 69.3 Å². The molecule has 2 aromatic carbocycles. The number of hydrogen-bond acceptors (Lipinski definition) is 11. The maximum Gasteiger partial charge on any atom is 0.256 e. The van der Waals surface area contributed by atoms with Gasteiger partial charge in [-0.15, -0.1) is 22.7 Å². The second-order valence-corrected chi connectivity index (χ2v) is 20.9. The molecule has 6 amide bonds. The maximum absolute atomic E-state index is 12.8. The van der Waals surface area contributed by atoms with Crippen LogP contribution in [-0.2, 0) is 71.9 Å². The van der Waals surface area contributed by atoms with Crippen LogP contribution in [0.5, 0.6) is 0 Å². The van der Waals surface area contributed by atoms with Crippen molar-refractivity contribution in [1.29, 1.82) is 0 Å². The van der Waals surface area contributed by atoms with Crippen LogP contribution in [0.15, 0.2) is 47.2 Å². The number of amides is 6. The van der Waals surface area contributed by atoms with Crippen LogP contribution in [0.4, 0.5) is 0 Å². The topological polar surface area (TPSA) is 184 Å². The van der Waals surface area contributed by atoms with Crippen LogP contribution in [-0.4, -0.2) is 77.3 Å². The van der Waals surface area contributed by atoms with Crippen LogP contribution >= 0.6 is 45.9 Å². The standard InChI is InChI=1S/C23H23ClN2O4S.C21H21ClN2O5S2/c1-13-2-3-14(10-18(13)24)4-5-15(27)6-8-20-16-11-26(23(30)17(16)12-31-20)19-7-9-21(28)25-22(19)29;1-12-2-3-13(8-16(12)22)11-31(28,29)7-6-18-14-9-24(21(27)15(14)10-30-18)17-4-5-19(25)23-20(17)26/h2-3,10,12,19H,4-9,11H2,1H3,(H,25,28,29);2-3,8,10,17H,4-7,9,11H2,1H3,(H,23,25,26). The van der Waals surface area contributed by atoms with Crippen molar-refractivity contribution >= 4 is 96.9 Å². The fraction of sp³-hybridized carbons (Fsp3) is 0.386. The van der Waals surface area contributed by atoms with Crippen LogP contribution in [0, 0.1) is 13.8 Å². The quantitative estimate of drug-likeness (QED) is 0.147. The first kappa shape index (κ1) is 45.3. The summed E-state index contributed by atoms with van der Waals surface area (Å²) in [4.78, 5) is 89.9. The van der Waals surface area contributed by atoms with Crippen molar-refractivity contribution in [3.05, 3.63) is 111 Å². The summed E-state index contributed by atoms with van der Waals surface area (Å²) in [7, 11) is -3.37. The summed E-state index contributed by atoms with van der Waals surface area (Å²) in [5, 5.41) is 9.39. The van der Waals surface area contributed by atoms with Gasteiger partial charge in [-0.05, 0) is 91.5 Å². The Labute approximate surface area is 377 Å². The number of aryl methyl sites for hydroxylation is 5. The number of rotatable bonds is 13. The highest BCUT2D eigenvalue weighted by molar-refractivity contribution is 7.90. The number of imide groups is 2. The first-order chi connectivity index (χ1) is 29.5. The van der Waals surface area contributed by atoms with E-state index in [-0.39, 0.29) is 60.3 Å². The first-order valence-corrected chi connectivity index (χ1v) is 24.5. The summed E-state index contributed by atoms with van der Waals surface area (Å²) in [5.74, 6) is -1.88. The summed E-state index contributed by atoms with van der Waals surface area (Å²) in [5.41, 5.74) is 6.44. The van der Waals surface area contributed by atoms with Crippen molar-refractivity contribution in [3.8, 4) is 0 Å². The number of carbonyl (C=O) groups is 7. The number of ketones is 1. The Hall–Kier alpha value is -4.74. The molecule has 13 nitrogen and oxygen atoms in total. The minimum atomic E-state index is -3.37. The Balaban J connectivity index is 0.000000186. The van der Waals surface area contributed by atoms with E-state index in [9.17, 15) is 42.0 Å². The van der Waals surface area contributed by atoms with E-state index in [1.165, 1.54) is 27.6 Å². The maximum atomic E-state index is 12.8. The smallest absolute Gasteiger partial charge is 0.256 e. The summed E-state index contributed by atoms with van der Waals surface area (Å²) in [6, 6.07) is 9.81. The molecule has 6 heterocycles. The highest BCUT2D eigenvalue weighted by Gasteiger charge is 2.42. The van der Waals surface area contributed by atoms with E-state index in [1.54, 1.807) is 28.5 Å². The van der Waals surface area contributed by atoms with Crippen LogP contribution in [0.2, 0.25) is 10.0 Å². The van der Waals surface area contributed by atoms with Gasteiger partial charge in [0.15, 0.2) is 9.84 Å². The summed E-state index contributed by atoms with van der Waals surface area (Å²) in [6.07, 6.45) is 3.49. The molecule has 4 aliphatic rings. The highest BCUT2D eigenvalue weighted by atomic mass is 35.5. The van der Waals surface area contributed by atoms with Gasteiger partial charge >= 0.3 is 0 Å². The molecule has 2 atom stereocenters. The number of piperidine rings is 2. The van der Waals surface area contributed by atoms with E-state index in [2.05, 4.69) is 10.6 Å². The molecule has 2 fully saturated rings. The molecule has 4 aliphatic heterocycles. The van der Waals surface area contributed by atoms with Gasteiger partial charge in [-0.1, -0.05) is 47.5 Å². The normalized spacial score (nSPS) is 18.6. The molecular formula is C44H44Cl2N4O9S3. The summed E-state index contributed by atoms with van der Waals surface area (Å²) >= 11 is 15.1. The predicted octanol–water partition coefficient (Wildman–Crippen LogP) is 6.23. The number of carbonyl (C=O) groups excluding carboxylic acids is 7. The lowest BCUT2D eigenvalue weighted by molar-refractivity contribution is -0.138. The van der Waals surface area contributed by atoms with Gasteiger partial charge in [-0.2, -0.15) is 0 Å². The number of halogens is 2. The third kappa shape index (κ3) is 10.2. The molecule has 2 N–H and O–H groups in total. The summed E-state index contributed by atoms with van der Waals surface area (Å²) in [6.45, 7) is 4.42. The van der Waals surface area contributed by atoms with E-state index in [0.29, 0.717) is 78.2 Å². The second-order valence-electron chi connectivity index (χ2n) is 15.9. The Morgan fingerprint density at radius 3 is 1.66 bits per heavy atom. The molecule has 8 rings (SSSR count). The molecule has 2 saturated heterocycles. The zero-order valence-corrected chi connectivity index (χ0v) is 38.0. The van der Waals surface area contributed by atoms with Gasteiger partial charge in [0.1, 0.15) is 17.9 Å². The molecule has 0 aliphatic carbocycles. The molecule has 0 saturated carbocycles. The minimum absolute atomic E-state index is 0.0436. The Morgan fingerprint density at radius 2 is 1.16 bits per heavy atom. The van der Waals surface area contributed by atoms with E-state index < -0.39 is 33.7 Å². The van der Waals surface area contributed by atoms with Crippen molar-refractivity contribution in [2.75, 3.05) is 5.75 Å². The lowest BCUT2D eigenvalue weighted by Crippen LogP contribution is -2.52. The molecule has 0 spiro atoms. The fourth-order valence-corrected chi connectivity index (χ4v) is 11.9. The van der Waals surface area contributed by atoms with E-state index in [0.717, 1.165) is 37.6 Å². The number of fused-ring (bicyclic) bond motifs is 2. The number of thiophene rings is 2. The van der Waals surface area contributed by atoms with Crippen LogP contribution < -0.4 is 10.6 Å². The molecule has 0 bridgehead atoms. The van der Waals surface area contributed by atoms with Crippen molar-refractivity contribution in [2.45, 2.75) is 103 Å².